The molecule has 2 rings (SSSR count). The number of aryl methyl sites for hydroxylation is 1. The number of rotatable bonds is 8. The van der Waals surface area contributed by atoms with Gasteiger partial charge >= 0.3 is 0 Å². The average molecular weight is 409 g/mol. The second kappa shape index (κ2) is 9.35. The van der Waals surface area contributed by atoms with E-state index in [1.807, 2.05) is 45.0 Å². The molecule has 0 spiro atoms. The Bertz CT molecular complexity index is 882. The predicted molar refractivity (Wildman–Crippen MR) is 108 cm³/mol. The maximum absolute atomic E-state index is 13.2. The van der Waals surface area contributed by atoms with Gasteiger partial charge in [-0.3, -0.25) is 4.79 Å². The van der Waals surface area contributed by atoms with Gasteiger partial charge in [0.05, 0.1) is 11.4 Å². The summed E-state index contributed by atoms with van der Waals surface area (Å²) in [5.74, 6) is -0.324. The molecule has 0 aliphatic rings. The molecule has 7 heteroatoms. The summed E-state index contributed by atoms with van der Waals surface area (Å²) in [6.07, 6.45) is 0.771. The third-order valence-electron chi connectivity index (χ3n) is 4.40. The summed E-state index contributed by atoms with van der Waals surface area (Å²) in [4.78, 5) is 12.5. The number of hydrogen-bond donors (Lipinski definition) is 1. The molecule has 0 fully saturated rings. The molecular formula is C20H25ClN2O3S. The van der Waals surface area contributed by atoms with E-state index in [-0.39, 0.29) is 29.9 Å². The van der Waals surface area contributed by atoms with E-state index >= 15 is 0 Å². The molecule has 1 N–H and O–H groups in total. The van der Waals surface area contributed by atoms with Crippen molar-refractivity contribution in [2.45, 2.75) is 44.7 Å². The maximum Gasteiger partial charge on any atom is 0.243 e. The summed E-state index contributed by atoms with van der Waals surface area (Å²) in [7, 11) is -3.86. The topological polar surface area (TPSA) is 66.5 Å². The van der Waals surface area contributed by atoms with E-state index in [9.17, 15) is 13.2 Å². The van der Waals surface area contributed by atoms with E-state index in [1.54, 1.807) is 0 Å². The van der Waals surface area contributed by atoms with Crippen LogP contribution in [0.2, 0.25) is 5.02 Å². The van der Waals surface area contributed by atoms with E-state index in [0.717, 1.165) is 17.5 Å². The minimum absolute atomic E-state index is 0.0175. The Kier molecular flexibility index (Phi) is 7.41. The number of hydrogen-bond acceptors (Lipinski definition) is 3. The Morgan fingerprint density at radius 3 is 2.37 bits per heavy atom. The zero-order valence-corrected chi connectivity index (χ0v) is 17.3. The van der Waals surface area contributed by atoms with Crippen LogP contribution in [0.3, 0.4) is 0 Å². The Labute approximate surface area is 166 Å². The van der Waals surface area contributed by atoms with Crippen LogP contribution in [0, 0.1) is 6.92 Å². The van der Waals surface area contributed by atoms with Gasteiger partial charge in [-0.05, 0) is 55.7 Å². The van der Waals surface area contributed by atoms with Gasteiger partial charge in [-0.1, -0.05) is 42.8 Å². The first-order valence-corrected chi connectivity index (χ1v) is 10.7. The van der Waals surface area contributed by atoms with E-state index in [0.29, 0.717) is 5.02 Å². The van der Waals surface area contributed by atoms with Crippen molar-refractivity contribution in [3.05, 3.63) is 64.7 Å². The van der Waals surface area contributed by atoms with Crippen molar-refractivity contribution in [1.82, 2.24) is 9.62 Å². The second-order valence-corrected chi connectivity index (χ2v) is 8.90. The molecular weight excluding hydrogens is 384 g/mol. The zero-order chi connectivity index (χ0) is 20.0. The van der Waals surface area contributed by atoms with Crippen LogP contribution in [-0.2, 0) is 21.4 Å². The summed E-state index contributed by atoms with van der Waals surface area (Å²) < 4.78 is 27.5. The van der Waals surface area contributed by atoms with Crippen molar-refractivity contribution in [2.24, 2.45) is 0 Å². The fourth-order valence-corrected chi connectivity index (χ4v) is 4.04. The summed E-state index contributed by atoms with van der Waals surface area (Å²) >= 11 is 5.88. The molecule has 0 aliphatic heterocycles. The summed E-state index contributed by atoms with van der Waals surface area (Å²) in [5, 5.41) is 3.28. The third kappa shape index (κ3) is 5.79. The lowest BCUT2D eigenvalue weighted by atomic mass is 10.1. The molecule has 0 unspecified atom stereocenters. The van der Waals surface area contributed by atoms with Crippen molar-refractivity contribution < 1.29 is 13.2 Å². The van der Waals surface area contributed by atoms with Crippen LogP contribution in [0.25, 0.3) is 0 Å². The molecule has 0 heterocycles. The van der Waals surface area contributed by atoms with E-state index in [1.165, 1.54) is 28.6 Å². The summed E-state index contributed by atoms with van der Waals surface area (Å²) in [5.41, 5.74) is 1.82. The van der Waals surface area contributed by atoms with Gasteiger partial charge in [0.2, 0.25) is 15.9 Å². The Morgan fingerprint density at radius 2 is 1.78 bits per heavy atom. The largest absolute Gasteiger partial charge is 0.353 e. The van der Waals surface area contributed by atoms with Gasteiger partial charge in [0.1, 0.15) is 0 Å². The lowest BCUT2D eigenvalue weighted by molar-refractivity contribution is -0.122. The summed E-state index contributed by atoms with van der Waals surface area (Å²) in [6, 6.07) is 13.5. The summed E-state index contributed by atoms with van der Waals surface area (Å²) in [6.45, 7) is 5.63. The van der Waals surface area contributed by atoms with E-state index in [4.69, 9.17) is 11.6 Å². The second-order valence-electron chi connectivity index (χ2n) is 6.53. The molecule has 2 aromatic rings. The quantitative estimate of drug-likeness (QED) is 0.723. The van der Waals surface area contributed by atoms with Crippen LogP contribution in [-0.4, -0.2) is 31.2 Å². The van der Waals surface area contributed by atoms with Gasteiger partial charge in [-0.25, -0.2) is 8.42 Å². The maximum atomic E-state index is 13.2. The molecule has 0 saturated carbocycles. The monoisotopic (exact) mass is 408 g/mol. The molecule has 0 saturated heterocycles. The highest BCUT2D eigenvalue weighted by Gasteiger charge is 2.27. The average Bonchev–Trinajstić information content (AvgIpc) is 2.63. The van der Waals surface area contributed by atoms with Crippen molar-refractivity contribution in [3.8, 4) is 0 Å². The number of carbonyl (C=O) groups is 1. The number of nitrogens with one attached hydrogen (secondary N) is 1. The molecule has 146 valence electrons. The molecule has 2 aromatic carbocycles. The smallest absolute Gasteiger partial charge is 0.243 e. The van der Waals surface area contributed by atoms with E-state index in [2.05, 4.69) is 5.32 Å². The van der Waals surface area contributed by atoms with Crippen molar-refractivity contribution in [3.63, 3.8) is 0 Å². The van der Waals surface area contributed by atoms with Crippen LogP contribution in [0.4, 0.5) is 0 Å². The number of carbonyl (C=O) groups excluding carboxylic acids is 1. The Hall–Kier alpha value is -1.89. The van der Waals surface area contributed by atoms with Gasteiger partial charge in [0.25, 0.3) is 0 Å². The Balaban J connectivity index is 2.34. The van der Waals surface area contributed by atoms with Crippen LogP contribution >= 0.6 is 11.6 Å². The third-order valence-corrected chi connectivity index (χ3v) is 6.46. The molecule has 27 heavy (non-hydrogen) atoms. The predicted octanol–water partition coefficient (Wildman–Crippen LogP) is 3.75. The fraction of sp³-hybridized carbons (Fsp3) is 0.350. The molecule has 1 amide bonds. The SMILES string of the molecule is CC[C@@H](C)NC(=O)CN(Cc1ccccc1C)S(=O)(=O)c1ccc(Cl)cc1. The van der Waals surface area contributed by atoms with Gasteiger partial charge in [0, 0.05) is 17.6 Å². The molecule has 0 bridgehead atoms. The van der Waals surface area contributed by atoms with Crippen molar-refractivity contribution >= 4 is 27.5 Å². The number of benzene rings is 2. The van der Waals surface area contributed by atoms with E-state index < -0.39 is 10.0 Å². The van der Waals surface area contributed by atoms with Gasteiger partial charge in [-0.15, -0.1) is 0 Å². The van der Waals surface area contributed by atoms with Crippen LogP contribution < -0.4 is 5.32 Å². The minimum Gasteiger partial charge on any atom is -0.353 e. The number of nitrogens with zero attached hydrogens (tertiary/aromatic N) is 1. The van der Waals surface area contributed by atoms with Crippen LogP contribution in [0.5, 0.6) is 0 Å². The number of halogens is 1. The van der Waals surface area contributed by atoms with Crippen LogP contribution in [0.15, 0.2) is 53.4 Å². The Morgan fingerprint density at radius 1 is 1.15 bits per heavy atom. The molecule has 1 atom stereocenters. The van der Waals surface area contributed by atoms with Crippen LogP contribution in [0.1, 0.15) is 31.4 Å². The highest BCUT2D eigenvalue weighted by molar-refractivity contribution is 7.89. The molecule has 5 nitrogen and oxygen atoms in total. The highest BCUT2D eigenvalue weighted by atomic mass is 35.5. The van der Waals surface area contributed by atoms with Crippen molar-refractivity contribution in [2.75, 3.05) is 6.54 Å². The normalized spacial score (nSPS) is 12.8. The minimum atomic E-state index is -3.86. The van der Waals surface area contributed by atoms with Gasteiger partial charge in [-0.2, -0.15) is 4.31 Å². The van der Waals surface area contributed by atoms with Gasteiger partial charge < -0.3 is 5.32 Å². The molecule has 0 aliphatic carbocycles. The molecule has 0 radical (unpaired) electrons. The lowest BCUT2D eigenvalue weighted by Crippen LogP contribution is -2.43. The standard InChI is InChI=1S/C20H25ClN2O3S/c1-4-16(3)22-20(24)14-23(13-17-8-6-5-7-15(17)2)27(25,26)19-11-9-18(21)10-12-19/h5-12,16H,4,13-14H2,1-3H3,(H,22,24)/t16-/m1/s1. The first-order valence-electron chi connectivity index (χ1n) is 8.83. The number of sulfonamides is 1. The fourth-order valence-electron chi connectivity index (χ4n) is 2.54. The number of amides is 1. The lowest BCUT2D eigenvalue weighted by Gasteiger charge is -2.23. The molecule has 0 aromatic heterocycles. The zero-order valence-electron chi connectivity index (χ0n) is 15.8. The highest BCUT2D eigenvalue weighted by Crippen LogP contribution is 2.21. The first-order chi connectivity index (χ1) is 12.7. The van der Waals surface area contributed by atoms with Crippen molar-refractivity contribution in [1.29, 1.82) is 0 Å². The first kappa shape index (κ1) is 21.4. The van der Waals surface area contributed by atoms with Gasteiger partial charge in [0.15, 0.2) is 0 Å².